The number of rotatable bonds is 3. The second-order valence-electron chi connectivity index (χ2n) is 6.02. The molecule has 0 radical (unpaired) electrons. The molecule has 0 saturated carbocycles. The molecule has 3 rings (SSSR count). The number of nitrogens with zero attached hydrogens (tertiary/aromatic N) is 2. The first-order valence-electron chi connectivity index (χ1n) is 7.82. The average molecular weight is 330 g/mol. The Bertz CT molecular complexity index is 716. The zero-order valence-electron chi connectivity index (χ0n) is 13.4. The average Bonchev–Trinajstić information content (AvgIpc) is 3.05. The van der Waals surface area contributed by atoms with E-state index in [2.05, 4.69) is 15.2 Å². The number of aryl methyl sites for hydroxylation is 2. The zero-order chi connectivity index (χ0) is 16.4. The minimum atomic E-state index is -0.188. The maximum absolute atomic E-state index is 12.5. The van der Waals surface area contributed by atoms with Gasteiger partial charge in [-0.15, -0.1) is 0 Å². The highest BCUT2D eigenvalue weighted by molar-refractivity contribution is 6.34. The van der Waals surface area contributed by atoms with Crippen molar-refractivity contribution < 1.29 is 4.79 Å². The summed E-state index contributed by atoms with van der Waals surface area (Å²) >= 11 is 6.26. The van der Waals surface area contributed by atoms with Crippen LogP contribution >= 0.6 is 11.6 Å². The van der Waals surface area contributed by atoms with Crippen molar-refractivity contribution in [2.75, 3.05) is 23.3 Å². The molecule has 0 atom stereocenters. The van der Waals surface area contributed by atoms with Gasteiger partial charge in [0, 0.05) is 19.3 Å². The molecule has 1 amide bonds. The fourth-order valence-corrected chi connectivity index (χ4v) is 3.33. The summed E-state index contributed by atoms with van der Waals surface area (Å²) in [7, 11) is 0. The van der Waals surface area contributed by atoms with E-state index in [9.17, 15) is 4.79 Å². The topological polar surface area (TPSA) is 45.2 Å². The molecule has 1 saturated heterocycles. The number of carbonyl (C=O) groups excluding carboxylic acids is 1. The van der Waals surface area contributed by atoms with Gasteiger partial charge in [-0.25, -0.2) is 0 Å². The summed E-state index contributed by atoms with van der Waals surface area (Å²) in [6.07, 6.45) is 5.78. The number of carbonyl (C=O) groups is 1. The Morgan fingerprint density at radius 1 is 1.17 bits per heavy atom. The van der Waals surface area contributed by atoms with Gasteiger partial charge < -0.3 is 10.2 Å². The summed E-state index contributed by atoms with van der Waals surface area (Å²) in [5.41, 5.74) is 4.23. The van der Waals surface area contributed by atoms with E-state index in [1.165, 1.54) is 12.8 Å². The van der Waals surface area contributed by atoms with Crippen LogP contribution in [0.15, 0.2) is 30.6 Å². The molecular formula is C18H20ClN3O. The van der Waals surface area contributed by atoms with Crippen molar-refractivity contribution in [3.05, 3.63) is 52.3 Å². The number of hydrogen-bond donors (Lipinski definition) is 1. The van der Waals surface area contributed by atoms with Crippen molar-refractivity contribution in [1.82, 2.24) is 4.98 Å². The molecule has 1 aromatic carbocycles. The molecule has 23 heavy (non-hydrogen) atoms. The molecule has 1 aliphatic rings. The Morgan fingerprint density at radius 3 is 2.61 bits per heavy atom. The second-order valence-corrected chi connectivity index (χ2v) is 6.43. The molecule has 0 aliphatic carbocycles. The van der Waals surface area contributed by atoms with Gasteiger partial charge in [0.25, 0.3) is 5.91 Å². The van der Waals surface area contributed by atoms with Gasteiger partial charge in [0.05, 0.1) is 28.2 Å². The number of benzene rings is 1. The van der Waals surface area contributed by atoms with Crippen LogP contribution in [0.1, 0.15) is 34.3 Å². The molecule has 2 aromatic rings. The fraction of sp³-hybridized carbons (Fsp3) is 0.333. The van der Waals surface area contributed by atoms with Crippen molar-refractivity contribution in [2.45, 2.75) is 26.7 Å². The van der Waals surface area contributed by atoms with Crippen LogP contribution in [0.4, 0.5) is 11.4 Å². The van der Waals surface area contributed by atoms with Crippen molar-refractivity contribution in [1.29, 1.82) is 0 Å². The number of nitrogens with one attached hydrogen (secondary N) is 1. The second kappa shape index (κ2) is 6.59. The molecule has 2 heterocycles. The van der Waals surface area contributed by atoms with Crippen molar-refractivity contribution >= 4 is 28.9 Å². The van der Waals surface area contributed by atoms with Gasteiger partial charge in [0.2, 0.25) is 0 Å². The van der Waals surface area contributed by atoms with Crippen LogP contribution in [0.5, 0.6) is 0 Å². The molecule has 1 fully saturated rings. The first-order valence-corrected chi connectivity index (χ1v) is 8.20. The summed E-state index contributed by atoms with van der Waals surface area (Å²) in [5, 5.41) is 3.47. The number of pyridine rings is 1. The molecule has 5 heteroatoms. The lowest BCUT2D eigenvalue weighted by atomic mass is 10.1. The highest BCUT2D eigenvalue weighted by Crippen LogP contribution is 2.28. The standard InChI is InChI=1S/C18H20ClN3O/c1-12-7-13(2)17(16(19)8-12)21-18(23)14-9-15(11-20-10-14)22-5-3-4-6-22/h7-11H,3-6H2,1-2H3,(H,21,23). The zero-order valence-corrected chi connectivity index (χ0v) is 14.2. The minimum Gasteiger partial charge on any atom is -0.370 e. The maximum Gasteiger partial charge on any atom is 0.257 e. The third kappa shape index (κ3) is 3.48. The highest BCUT2D eigenvalue weighted by Gasteiger charge is 2.16. The molecule has 1 N–H and O–H groups in total. The summed E-state index contributed by atoms with van der Waals surface area (Å²) in [5.74, 6) is -0.188. The maximum atomic E-state index is 12.5. The molecular weight excluding hydrogens is 310 g/mol. The molecule has 0 bridgehead atoms. The third-order valence-electron chi connectivity index (χ3n) is 4.13. The van der Waals surface area contributed by atoms with E-state index in [1.54, 1.807) is 6.20 Å². The summed E-state index contributed by atoms with van der Waals surface area (Å²) in [6, 6.07) is 5.74. The Hall–Kier alpha value is -2.07. The van der Waals surface area contributed by atoms with Crippen LogP contribution in [0.3, 0.4) is 0 Å². The molecule has 0 unspecified atom stereocenters. The van der Waals surface area contributed by atoms with E-state index in [1.807, 2.05) is 38.2 Å². The first-order chi connectivity index (χ1) is 11.0. The number of hydrogen-bond acceptors (Lipinski definition) is 3. The molecule has 0 spiro atoms. The fourth-order valence-electron chi connectivity index (χ4n) is 2.96. The van der Waals surface area contributed by atoms with Crippen LogP contribution in [-0.4, -0.2) is 24.0 Å². The number of aromatic nitrogens is 1. The summed E-state index contributed by atoms with van der Waals surface area (Å²) in [4.78, 5) is 19.0. The van der Waals surface area contributed by atoms with Crippen LogP contribution < -0.4 is 10.2 Å². The predicted octanol–water partition coefficient (Wildman–Crippen LogP) is 4.20. The third-order valence-corrected chi connectivity index (χ3v) is 4.43. The van der Waals surface area contributed by atoms with Crippen LogP contribution in [-0.2, 0) is 0 Å². The number of halogens is 1. The Kier molecular flexibility index (Phi) is 4.53. The van der Waals surface area contributed by atoms with Gasteiger partial charge in [-0.05, 0) is 49.9 Å². The number of anilines is 2. The van der Waals surface area contributed by atoms with Gasteiger partial charge in [-0.3, -0.25) is 9.78 Å². The van der Waals surface area contributed by atoms with Gasteiger partial charge >= 0.3 is 0 Å². The van der Waals surface area contributed by atoms with E-state index in [-0.39, 0.29) is 5.91 Å². The van der Waals surface area contributed by atoms with Gasteiger partial charge in [-0.1, -0.05) is 17.7 Å². The summed E-state index contributed by atoms with van der Waals surface area (Å²) in [6.45, 7) is 5.96. The van der Waals surface area contributed by atoms with Crippen LogP contribution in [0, 0.1) is 13.8 Å². The first kappa shape index (κ1) is 15.8. The lowest BCUT2D eigenvalue weighted by Gasteiger charge is -2.18. The predicted molar refractivity (Wildman–Crippen MR) is 94.6 cm³/mol. The van der Waals surface area contributed by atoms with Gasteiger partial charge in [0.15, 0.2) is 0 Å². The normalized spacial score (nSPS) is 14.1. The van der Waals surface area contributed by atoms with Crippen molar-refractivity contribution in [3.8, 4) is 0 Å². The number of amides is 1. The SMILES string of the molecule is Cc1cc(C)c(NC(=O)c2cncc(N3CCCC3)c2)c(Cl)c1. The largest absolute Gasteiger partial charge is 0.370 e. The van der Waals surface area contributed by atoms with E-state index < -0.39 is 0 Å². The molecule has 120 valence electrons. The van der Waals surface area contributed by atoms with E-state index in [4.69, 9.17) is 11.6 Å². The Morgan fingerprint density at radius 2 is 1.91 bits per heavy atom. The van der Waals surface area contributed by atoms with E-state index >= 15 is 0 Å². The molecule has 1 aromatic heterocycles. The quantitative estimate of drug-likeness (QED) is 0.917. The van der Waals surface area contributed by atoms with E-state index in [0.717, 1.165) is 29.9 Å². The van der Waals surface area contributed by atoms with Crippen molar-refractivity contribution in [2.24, 2.45) is 0 Å². The Balaban J connectivity index is 1.82. The van der Waals surface area contributed by atoms with Crippen LogP contribution in [0.2, 0.25) is 5.02 Å². The Labute approximate surface area is 141 Å². The lowest BCUT2D eigenvalue weighted by Crippen LogP contribution is -2.19. The van der Waals surface area contributed by atoms with Gasteiger partial charge in [-0.2, -0.15) is 0 Å². The van der Waals surface area contributed by atoms with Crippen LogP contribution in [0.25, 0.3) is 0 Å². The van der Waals surface area contributed by atoms with Gasteiger partial charge in [0.1, 0.15) is 0 Å². The highest BCUT2D eigenvalue weighted by atomic mass is 35.5. The molecule has 4 nitrogen and oxygen atoms in total. The lowest BCUT2D eigenvalue weighted by molar-refractivity contribution is 0.102. The summed E-state index contributed by atoms with van der Waals surface area (Å²) < 4.78 is 0. The molecule has 1 aliphatic heterocycles. The smallest absolute Gasteiger partial charge is 0.257 e. The van der Waals surface area contributed by atoms with Crippen molar-refractivity contribution in [3.63, 3.8) is 0 Å². The monoisotopic (exact) mass is 329 g/mol. The van der Waals surface area contributed by atoms with E-state index in [0.29, 0.717) is 16.3 Å². The minimum absolute atomic E-state index is 0.188.